The maximum absolute atomic E-state index is 13.0. The molecule has 74 heavy (non-hydrogen) atoms. The lowest BCUT2D eigenvalue weighted by Gasteiger charge is -2.13. The number of benzene rings is 4. The number of nitrogens with zero attached hydrogens (tertiary/aromatic N) is 11. The smallest absolute Gasteiger partial charge is 0.319 e. The first-order valence-corrected chi connectivity index (χ1v) is 28.9. The number of aromatic hydroxyl groups is 2. The molecule has 0 fully saturated rings. The summed E-state index contributed by atoms with van der Waals surface area (Å²) in [4.78, 5) is 13.3. The van der Waals surface area contributed by atoms with Crippen LogP contribution in [0.4, 0.5) is 44.1 Å². The van der Waals surface area contributed by atoms with Gasteiger partial charge in [0.15, 0.2) is 21.4 Å². The Morgan fingerprint density at radius 2 is 1.39 bits per heavy atom. The summed E-state index contributed by atoms with van der Waals surface area (Å²) < 4.78 is 172. The quantitative estimate of drug-likeness (QED) is 0.0284. The molecule has 0 unspecified atom stereocenters. The number of carbonyl (C=O) groups is 1. The molecule has 31 nitrogen and oxygen atoms in total. The van der Waals surface area contributed by atoms with Gasteiger partial charge in [-0.3, -0.25) is 27.2 Å². The Morgan fingerprint density at radius 1 is 0.743 bits per heavy atom. The predicted octanol–water partition coefficient (Wildman–Crippen LogP) is 6.06. The first kappa shape index (κ1) is 54.5. The van der Waals surface area contributed by atoms with E-state index >= 15 is 0 Å². The van der Waals surface area contributed by atoms with Gasteiger partial charge in [-0.2, -0.15) is 47.4 Å². The number of urea groups is 1. The zero-order valence-electron chi connectivity index (χ0n) is 36.4. The van der Waals surface area contributed by atoms with Crippen LogP contribution in [0.3, 0.4) is 0 Å². The first-order valence-electron chi connectivity index (χ1n) is 19.6. The van der Waals surface area contributed by atoms with E-state index < -0.39 is 140 Å². The number of amides is 2. The van der Waals surface area contributed by atoms with Crippen molar-refractivity contribution in [2.45, 2.75) is 25.9 Å². The summed E-state index contributed by atoms with van der Waals surface area (Å²) in [7, 11) is -25.6. The highest BCUT2D eigenvalue weighted by molar-refractivity contribution is 8.01. The Hall–Kier alpha value is -7.29. The minimum atomic E-state index is -5.65. The van der Waals surface area contributed by atoms with Gasteiger partial charge in [0.1, 0.15) is 49.1 Å². The highest BCUT2D eigenvalue weighted by atomic mass is 32.2. The van der Waals surface area contributed by atoms with Crippen molar-refractivity contribution in [2.75, 3.05) is 29.1 Å². The van der Waals surface area contributed by atoms with E-state index in [1.54, 1.807) is 24.3 Å². The van der Waals surface area contributed by atoms with Crippen LogP contribution in [0.1, 0.15) is 11.1 Å². The molecule has 4 aromatic carbocycles. The van der Waals surface area contributed by atoms with Crippen molar-refractivity contribution in [3.8, 4) is 17.7 Å². The van der Waals surface area contributed by atoms with Gasteiger partial charge in [-0.1, -0.05) is 35.2 Å². The van der Waals surface area contributed by atoms with Gasteiger partial charge in [0.25, 0.3) is 55.7 Å². The Bertz CT molecular complexity index is 4230. The molecule has 0 radical (unpaired) electrons. The van der Waals surface area contributed by atoms with Crippen LogP contribution in [0.5, 0.6) is 11.6 Å². The summed E-state index contributed by atoms with van der Waals surface area (Å²) in [5.41, 5.74) is -3.92. The predicted molar refractivity (Wildman–Crippen MR) is 258 cm³/mol. The van der Waals surface area contributed by atoms with Crippen LogP contribution < -0.4 is 10.6 Å². The number of fused-ring (bicyclic) bond motifs is 4. The maximum atomic E-state index is 13.0. The first-order chi connectivity index (χ1) is 34.4. The Kier molecular flexibility index (Phi) is 15.1. The van der Waals surface area contributed by atoms with E-state index in [-0.39, 0.29) is 37.7 Å². The van der Waals surface area contributed by atoms with Crippen molar-refractivity contribution in [1.82, 2.24) is 24.9 Å². The zero-order valence-corrected chi connectivity index (χ0v) is 42.1. The molecule has 9 N–H and O–H groups in total. The number of para-hydroxylation sites is 2. The largest absolute Gasteiger partial charge is 0.505 e. The van der Waals surface area contributed by atoms with Gasteiger partial charge >= 0.3 is 6.03 Å². The van der Waals surface area contributed by atoms with E-state index in [1.807, 2.05) is 6.07 Å². The van der Waals surface area contributed by atoms with Crippen LogP contribution in [0.25, 0.3) is 27.5 Å². The highest BCUT2D eigenvalue weighted by Crippen LogP contribution is 2.47. The van der Waals surface area contributed by atoms with Crippen LogP contribution in [0, 0.1) is 18.3 Å². The average molecular weight is 1160 g/mol. The van der Waals surface area contributed by atoms with Crippen molar-refractivity contribution in [3.05, 3.63) is 65.7 Å². The minimum absolute atomic E-state index is 0.0155. The lowest BCUT2D eigenvalue weighted by atomic mass is 10.1. The average Bonchev–Trinajstić information content (AvgIpc) is 3.91. The number of nitrogens with one attached hydrogen (secondary N) is 2. The van der Waals surface area contributed by atoms with Crippen LogP contribution in [0.2, 0.25) is 0 Å². The van der Waals surface area contributed by atoms with Crippen molar-refractivity contribution >= 4 is 146 Å². The molecule has 0 aliphatic heterocycles. The van der Waals surface area contributed by atoms with Gasteiger partial charge in [-0.25, -0.2) is 9.78 Å². The molecule has 2 amide bonds. The molecule has 0 saturated heterocycles. The summed E-state index contributed by atoms with van der Waals surface area (Å²) in [6.07, 6.45) is 0. The number of hydrogen-bond donors (Lipinski definition) is 9. The molecule has 38 heteroatoms. The normalized spacial score (nSPS) is 13.0. The Morgan fingerprint density at radius 3 is 2.04 bits per heavy atom. The molecule has 7 rings (SSSR count). The second-order valence-corrected chi connectivity index (χ2v) is 24.2. The van der Waals surface area contributed by atoms with Gasteiger partial charge in [-0.05, 0) is 49.4 Å². The summed E-state index contributed by atoms with van der Waals surface area (Å²) in [6, 6.07) is 10.5. The van der Waals surface area contributed by atoms with Gasteiger partial charge in [0, 0.05) is 28.6 Å². The number of anilines is 1. The molecule has 3 aromatic heterocycles. The molecule has 0 aliphatic carbocycles. The molecule has 0 aliphatic rings. The summed E-state index contributed by atoms with van der Waals surface area (Å²) in [6.45, 7) is 0.670. The standard InChI is InChI=1S/C36H29N13O18S7/c1-16-19(15-37)32-39-20-4-2-3-5-25(20)49(32)33(51)28(16)44-41-21-7-6-17-18(31(21)74(65,66)67)12-27(73(62,63)64)29(30(17)50)45-43-24-13-22(40-34(52)38-8-10-70(53,54)55)23(14-26(24)72(59,60)61)42-46-35-47-48-36(69-35)68-9-11-71(56,57)58/h2-7,12-14,50-51H,8-11H2,1H3,(H2,38,40,52)(H,53,54,55)(H,56,57,58)(H,59,60,61)(H,62,63,64)(H,65,66,67). The number of aromatic nitrogens is 4. The lowest BCUT2D eigenvalue weighted by Crippen LogP contribution is -2.32. The number of phenolic OH excluding ortho intramolecular Hbond substituents is 1. The van der Waals surface area contributed by atoms with Crippen LogP contribution in [0.15, 0.2) is 104 Å². The number of imidazole rings is 1. The second kappa shape index (κ2) is 20.6. The molecule has 0 saturated carbocycles. The number of carbonyl (C=O) groups excluding carboxylic acids is 1. The molecule has 0 bridgehead atoms. The monoisotopic (exact) mass is 1150 g/mol. The van der Waals surface area contributed by atoms with E-state index in [1.165, 1.54) is 11.3 Å². The molecule has 0 spiro atoms. The van der Waals surface area contributed by atoms with E-state index in [9.17, 15) is 76.0 Å². The fourth-order valence-corrected chi connectivity index (χ4v) is 11.6. The minimum Gasteiger partial charge on any atom is -0.505 e. The number of rotatable bonds is 17. The maximum Gasteiger partial charge on any atom is 0.319 e. The molecular weight excluding hydrogens is 1130 g/mol. The number of azo groups is 3. The van der Waals surface area contributed by atoms with Gasteiger partial charge in [-0.15, -0.1) is 40.9 Å². The van der Waals surface area contributed by atoms with E-state index in [2.05, 4.69) is 56.5 Å². The number of hydrogen-bond acceptors (Lipinski definition) is 25. The fourth-order valence-electron chi connectivity index (χ4n) is 6.57. The van der Waals surface area contributed by atoms with E-state index in [0.29, 0.717) is 29.2 Å². The van der Waals surface area contributed by atoms with Gasteiger partial charge < -0.3 is 20.8 Å². The van der Waals surface area contributed by atoms with Gasteiger partial charge in [0.05, 0.1) is 28.2 Å². The van der Waals surface area contributed by atoms with Crippen LogP contribution >= 0.6 is 23.1 Å². The summed E-state index contributed by atoms with van der Waals surface area (Å²) in [5.74, 6) is -3.71. The molecule has 388 valence electrons. The van der Waals surface area contributed by atoms with Crippen LogP contribution in [-0.4, -0.2) is 124 Å². The highest BCUT2D eigenvalue weighted by Gasteiger charge is 2.29. The van der Waals surface area contributed by atoms with Crippen LogP contribution in [-0.2, 0) is 50.6 Å². The fraction of sp³-hybridized carbons (Fsp3) is 0.139. The van der Waals surface area contributed by atoms with Crippen molar-refractivity contribution in [1.29, 1.82) is 5.26 Å². The Balaban J connectivity index is 1.35. The third-order valence-electron chi connectivity index (χ3n) is 9.72. The number of pyridine rings is 1. The topological polar surface area (TPSA) is 494 Å². The van der Waals surface area contributed by atoms with Crippen molar-refractivity contribution in [2.24, 2.45) is 30.7 Å². The summed E-state index contributed by atoms with van der Waals surface area (Å²) in [5, 5.41) is 65.4. The second-order valence-electron chi connectivity index (χ2n) is 14.6. The molecule has 7 aromatic rings. The third kappa shape index (κ3) is 12.2. The van der Waals surface area contributed by atoms with E-state index in [0.717, 1.165) is 35.2 Å². The SMILES string of the molecule is Cc1c(N=Nc2ccc3c(O)c(N=Nc4cc(NC(=O)NCCS(=O)(=O)O)c(N=Nc5nnc(SCCS(=O)(=O)O)s5)cc4S(=O)(=O)O)c(S(=O)(=O)O)cc3c2S(=O)(=O)O)c(O)n2c(nc3ccccc32)c1C#N. The summed E-state index contributed by atoms with van der Waals surface area (Å²) >= 11 is 1.56. The molecule has 3 heterocycles. The molecule has 0 atom stereocenters. The number of nitriles is 1. The van der Waals surface area contributed by atoms with E-state index in [4.69, 9.17) is 9.11 Å². The Labute approximate surface area is 423 Å². The lowest BCUT2D eigenvalue weighted by molar-refractivity contribution is 0.252. The number of thioether (sulfide) groups is 1. The van der Waals surface area contributed by atoms with Gasteiger partial charge in [0.2, 0.25) is 5.88 Å². The van der Waals surface area contributed by atoms with Crippen molar-refractivity contribution < 1.29 is 79.9 Å². The number of phenols is 1. The zero-order chi connectivity index (χ0) is 54.3. The van der Waals surface area contributed by atoms with Crippen molar-refractivity contribution in [3.63, 3.8) is 0 Å². The molecular formula is C36H29N13O18S7. The third-order valence-corrected chi connectivity index (χ3v) is 16.1.